The second kappa shape index (κ2) is 4.56. The first kappa shape index (κ1) is 11.5. The number of anilines is 1. The molecule has 0 spiro atoms. The molecular weight excluding hydrogens is 253 g/mol. The minimum Gasteiger partial charge on any atom is -0.396 e. The normalized spacial score (nSPS) is 14.9. The van der Waals surface area contributed by atoms with Crippen LogP contribution in [0.15, 0.2) is 23.4 Å². The molecule has 1 aliphatic rings. The first-order chi connectivity index (χ1) is 8.75. The van der Waals surface area contributed by atoms with E-state index in [0.29, 0.717) is 17.4 Å². The Bertz CT molecular complexity index is 566. The average Bonchev–Trinajstić information content (AvgIpc) is 3.11. The fourth-order valence-corrected chi connectivity index (χ4v) is 2.60. The van der Waals surface area contributed by atoms with E-state index in [1.54, 1.807) is 18.2 Å². The summed E-state index contributed by atoms with van der Waals surface area (Å²) in [6, 6.07) is 5.45. The van der Waals surface area contributed by atoms with Gasteiger partial charge in [0.05, 0.1) is 11.7 Å². The van der Waals surface area contributed by atoms with Crippen LogP contribution in [0.4, 0.5) is 10.1 Å². The van der Waals surface area contributed by atoms with Crippen molar-refractivity contribution in [3.63, 3.8) is 0 Å². The van der Waals surface area contributed by atoms with Gasteiger partial charge in [0.2, 0.25) is 5.16 Å². The lowest BCUT2D eigenvalue weighted by Gasteiger charge is -2.05. The van der Waals surface area contributed by atoms with Crippen molar-refractivity contribution >= 4 is 17.4 Å². The second-order valence-electron chi connectivity index (χ2n) is 4.25. The summed E-state index contributed by atoms with van der Waals surface area (Å²) in [6.45, 7) is 0. The molecule has 1 aromatic heterocycles. The highest BCUT2D eigenvalue weighted by atomic mass is 32.2. The average molecular weight is 265 g/mol. The number of nitrogens with two attached hydrogens (primary N) is 1. The molecular formula is C11H12FN5S. The third-order valence-electron chi connectivity index (χ3n) is 2.82. The van der Waals surface area contributed by atoms with Gasteiger partial charge in [-0.3, -0.25) is 0 Å². The summed E-state index contributed by atoms with van der Waals surface area (Å²) >= 11 is 1.43. The van der Waals surface area contributed by atoms with Gasteiger partial charge in [0.25, 0.3) is 0 Å². The molecule has 0 radical (unpaired) electrons. The van der Waals surface area contributed by atoms with Crippen LogP contribution in [0.25, 0.3) is 0 Å². The number of thioether (sulfide) groups is 1. The standard InChI is InChI=1S/C11H12FN5S/c12-10-7(2-1-3-9(10)13)6-18-11-14-15-16-17(11)8-4-5-8/h1-3,8H,4-6,13H2. The maximum Gasteiger partial charge on any atom is 0.209 e. The highest BCUT2D eigenvalue weighted by molar-refractivity contribution is 7.98. The monoisotopic (exact) mass is 265 g/mol. The molecule has 1 fully saturated rings. The summed E-state index contributed by atoms with van der Waals surface area (Å²) in [5.74, 6) is 0.125. The van der Waals surface area contributed by atoms with Gasteiger partial charge in [-0.1, -0.05) is 23.9 Å². The zero-order valence-electron chi connectivity index (χ0n) is 9.58. The highest BCUT2D eigenvalue weighted by Crippen LogP contribution is 2.37. The van der Waals surface area contributed by atoms with Crippen molar-refractivity contribution in [1.82, 2.24) is 20.2 Å². The zero-order valence-corrected chi connectivity index (χ0v) is 10.4. The Morgan fingerprint density at radius 3 is 3.06 bits per heavy atom. The fraction of sp³-hybridized carbons (Fsp3) is 0.364. The van der Waals surface area contributed by atoms with Crippen molar-refractivity contribution in [3.05, 3.63) is 29.6 Å². The molecule has 18 heavy (non-hydrogen) atoms. The van der Waals surface area contributed by atoms with Gasteiger partial charge in [-0.2, -0.15) is 0 Å². The van der Waals surface area contributed by atoms with Crippen LogP contribution in [0.5, 0.6) is 0 Å². The molecule has 1 saturated carbocycles. The van der Waals surface area contributed by atoms with Crippen molar-refractivity contribution in [2.24, 2.45) is 0 Å². The SMILES string of the molecule is Nc1cccc(CSc2nnnn2C2CC2)c1F. The molecule has 5 nitrogen and oxygen atoms in total. The maximum absolute atomic E-state index is 13.7. The van der Waals surface area contributed by atoms with Crippen LogP contribution >= 0.6 is 11.8 Å². The van der Waals surface area contributed by atoms with E-state index in [9.17, 15) is 4.39 Å². The molecule has 0 amide bonds. The number of rotatable bonds is 4. The molecule has 2 N–H and O–H groups in total. The molecule has 0 unspecified atom stereocenters. The minimum atomic E-state index is -0.351. The number of benzene rings is 1. The first-order valence-electron chi connectivity index (χ1n) is 5.69. The Morgan fingerprint density at radius 1 is 1.44 bits per heavy atom. The number of nitrogen functional groups attached to an aromatic ring is 1. The third-order valence-corrected chi connectivity index (χ3v) is 3.80. The number of tetrazole rings is 1. The molecule has 0 saturated heterocycles. The summed E-state index contributed by atoms with van der Waals surface area (Å²) in [7, 11) is 0. The summed E-state index contributed by atoms with van der Waals surface area (Å²) in [4.78, 5) is 0. The van der Waals surface area contributed by atoms with Crippen LogP contribution in [-0.2, 0) is 5.75 Å². The molecule has 3 rings (SSSR count). The van der Waals surface area contributed by atoms with Gasteiger partial charge >= 0.3 is 0 Å². The lowest BCUT2D eigenvalue weighted by Crippen LogP contribution is -2.00. The van der Waals surface area contributed by atoms with Gasteiger partial charge in [0, 0.05) is 11.3 Å². The van der Waals surface area contributed by atoms with Gasteiger partial charge in [-0.15, -0.1) is 5.10 Å². The Morgan fingerprint density at radius 2 is 2.28 bits per heavy atom. The van der Waals surface area contributed by atoms with E-state index >= 15 is 0 Å². The number of nitrogens with zero attached hydrogens (tertiary/aromatic N) is 4. The molecule has 0 bridgehead atoms. The maximum atomic E-state index is 13.7. The minimum absolute atomic E-state index is 0.176. The molecule has 0 aliphatic heterocycles. The van der Waals surface area contributed by atoms with Crippen LogP contribution in [-0.4, -0.2) is 20.2 Å². The highest BCUT2D eigenvalue weighted by Gasteiger charge is 2.27. The predicted octanol–water partition coefficient (Wildman–Crippen LogP) is 2.02. The van der Waals surface area contributed by atoms with E-state index in [1.165, 1.54) is 11.8 Å². The summed E-state index contributed by atoms with van der Waals surface area (Å²) in [6.07, 6.45) is 2.23. The lowest BCUT2D eigenvalue weighted by molar-refractivity contribution is 0.565. The fourth-order valence-electron chi connectivity index (χ4n) is 1.68. The van der Waals surface area contributed by atoms with Crippen LogP contribution in [0.1, 0.15) is 24.4 Å². The molecule has 7 heteroatoms. The van der Waals surface area contributed by atoms with Crippen molar-refractivity contribution in [2.45, 2.75) is 29.8 Å². The molecule has 1 heterocycles. The summed E-state index contributed by atoms with van der Waals surface area (Å²) in [5, 5.41) is 12.3. The van der Waals surface area contributed by atoms with E-state index in [1.807, 2.05) is 4.68 Å². The van der Waals surface area contributed by atoms with E-state index in [2.05, 4.69) is 15.5 Å². The summed E-state index contributed by atoms with van der Waals surface area (Å²) in [5.41, 5.74) is 6.28. The predicted molar refractivity (Wildman–Crippen MR) is 66.5 cm³/mol. The van der Waals surface area contributed by atoms with Crippen molar-refractivity contribution in [3.8, 4) is 0 Å². The molecule has 1 aliphatic carbocycles. The smallest absolute Gasteiger partial charge is 0.209 e. The van der Waals surface area contributed by atoms with Crippen LogP contribution in [0, 0.1) is 5.82 Å². The molecule has 2 aromatic rings. The molecule has 0 atom stereocenters. The van der Waals surface area contributed by atoms with E-state index in [0.717, 1.165) is 18.0 Å². The van der Waals surface area contributed by atoms with E-state index in [4.69, 9.17) is 5.73 Å². The lowest BCUT2D eigenvalue weighted by atomic mass is 10.2. The van der Waals surface area contributed by atoms with Gasteiger partial charge in [0.1, 0.15) is 5.82 Å². The van der Waals surface area contributed by atoms with Crippen LogP contribution < -0.4 is 5.73 Å². The Labute approximate surface area is 108 Å². The van der Waals surface area contributed by atoms with Crippen LogP contribution in [0.3, 0.4) is 0 Å². The topological polar surface area (TPSA) is 69.6 Å². The molecule has 1 aromatic carbocycles. The first-order valence-corrected chi connectivity index (χ1v) is 6.68. The van der Waals surface area contributed by atoms with Crippen molar-refractivity contribution < 1.29 is 4.39 Å². The van der Waals surface area contributed by atoms with Gasteiger partial charge in [-0.25, -0.2) is 9.07 Å². The zero-order chi connectivity index (χ0) is 12.5. The Balaban J connectivity index is 1.74. The van der Waals surface area contributed by atoms with Gasteiger partial charge in [0.15, 0.2) is 0 Å². The van der Waals surface area contributed by atoms with E-state index in [-0.39, 0.29) is 11.5 Å². The summed E-state index contributed by atoms with van der Waals surface area (Å²) < 4.78 is 15.5. The third kappa shape index (κ3) is 2.17. The largest absolute Gasteiger partial charge is 0.396 e. The number of aromatic nitrogens is 4. The van der Waals surface area contributed by atoms with Crippen molar-refractivity contribution in [1.29, 1.82) is 0 Å². The van der Waals surface area contributed by atoms with Gasteiger partial charge < -0.3 is 5.73 Å². The number of hydrogen-bond acceptors (Lipinski definition) is 5. The van der Waals surface area contributed by atoms with E-state index < -0.39 is 0 Å². The second-order valence-corrected chi connectivity index (χ2v) is 5.19. The van der Waals surface area contributed by atoms with Crippen molar-refractivity contribution in [2.75, 3.05) is 5.73 Å². The molecule has 94 valence electrons. The Hall–Kier alpha value is -1.63. The van der Waals surface area contributed by atoms with Crippen LogP contribution in [0.2, 0.25) is 0 Å². The number of halogens is 1. The van der Waals surface area contributed by atoms with Gasteiger partial charge in [-0.05, 0) is 29.3 Å². The Kier molecular flexibility index (Phi) is 2.91. The quantitative estimate of drug-likeness (QED) is 0.676. The number of hydrogen-bond donors (Lipinski definition) is 1.